The van der Waals surface area contributed by atoms with Gasteiger partial charge in [-0.1, -0.05) is 11.6 Å². The summed E-state index contributed by atoms with van der Waals surface area (Å²) >= 11 is 6.45. The number of aromatic amines is 1. The van der Waals surface area contributed by atoms with Crippen molar-refractivity contribution >= 4 is 46.8 Å². The monoisotopic (exact) mass is 538 g/mol. The van der Waals surface area contributed by atoms with Gasteiger partial charge in [-0.05, 0) is 53.1 Å². The van der Waals surface area contributed by atoms with Crippen molar-refractivity contribution in [1.29, 1.82) is 0 Å². The molecule has 1 aliphatic rings. The molecule has 4 heterocycles. The summed E-state index contributed by atoms with van der Waals surface area (Å²) in [6.07, 6.45) is 5.76. The van der Waals surface area contributed by atoms with Gasteiger partial charge in [0.05, 0.1) is 36.0 Å². The van der Waals surface area contributed by atoms with Gasteiger partial charge in [0.2, 0.25) is 5.95 Å². The Morgan fingerprint density at radius 1 is 1.32 bits per heavy atom. The van der Waals surface area contributed by atoms with E-state index in [1.807, 2.05) is 27.9 Å². The van der Waals surface area contributed by atoms with E-state index in [-0.39, 0.29) is 35.0 Å². The summed E-state index contributed by atoms with van der Waals surface area (Å²) in [5.74, 6) is 0.411. The average molecular weight is 539 g/mol. The van der Waals surface area contributed by atoms with Gasteiger partial charge in [0.1, 0.15) is 10.9 Å². The highest BCUT2D eigenvalue weighted by Crippen LogP contribution is 2.41. The molecule has 0 spiro atoms. The van der Waals surface area contributed by atoms with Crippen molar-refractivity contribution in [3.8, 4) is 5.75 Å². The maximum atomic E-state index is 13.7. The minimum absolute atomic E-state index is 0.0490. The van der Waals surface area contributed by atoms with E-state index < -0.39 is 0 Å². The first-order valence-electron chi connectivity index (χ1n) is 12.1. The lowest BCUT2D eigenvalue weighted by Gasteiger charge is -2.19. The summed E-state index contributed by atoms with van der Waals surface area (Å²) in [7, 11) is 5.56. The summed E-state index contributed by atoms with van der Waals surface area (Å²) in [5, 5.41) is 2.96. The largest absolute Gasteiger partial charge is 0.496 e. The van der Waals surface area contributed by atoms with Crippen molar-refractivity contribution in [3.05, 3.63) is 57.3 Å². The number of nitrogens with zero attached hydrogens (tertiary/aromatic N) is 5. The van der Waals surface area contributed by atoms with Gasteiger partial charge in [0.25, 0.3) is 11.8 Å². The number of anilines is 2. The van der Waals surface area contributed by atoms with Crippen LogP contribution in [-0.2, 0) is 11.3 Å². The van der Waals surface area contributed by atoms with Gasteiger partial charge in [-0.2, -0.15) is 4.98 Å². The maximum Gasteiger partial charge on any atom is 0.260 e. The number of H-pyrrole nitrogens is 1. The Bertz CT molecular complexity index is 1420. The van der Waals surface area contributed by atoms with Gasteiger partial charge in [-0.15, -0.1) is 0 Å². The number of hydrogen-bond acceptors (Lipinski definition) is 8. The fourth-order valence-electron chi connectivity index (χ4n) is 4.36. The van der Waals surface area contributed by atoms with E-state index in [0.29, 0.717) is 40.6 Å². The number of fused-ring (bicyclic) bond motifs is 1. The van der Waals surface area contributed by atoms with Crippen LogP contribution in [0.3, 0.4) is 0 Å². The van der Waals surface area contributed by atoms with Crippen molar-refractivity contribution < 1.29 is 14.3 Å². The Hall–Kier alpha value is -3.96. The van der Waals surface area contributed by atoms with Crippen LogP contribution in [0.25, 0.3) is 11.6 Å². The van der Waals surface area contributed by atoms with E-state index in [1.54, 1.807) is 31.6 Å². The number of hydrogen-bond donors (Lipinski definition) is 3. The normalized spacial score (nSPS) is 13.9. The van der Waals surface area contributed by atoms with Crippen LogP contribution in [0.4, 0.5) is 11.8 Å². The zero-order valence-corrected chi connectivity index (χ0v) is 22.8. The summed E-state index contributed by atoms with van der Waals surface area (Å²) in [6, 6.07) is 1.67. The number of pyridine rings is 1. The van der Waals surface area contributed by atoms with Crippen molar-refractivity contribution in [3.63, 3.8) is 0 Å². The van der Waals surface area contributed by atoms with Crippen LogP contribution < -0.4 is 20.7 Å². The molecule has 4 N–H and O–H groups in total. The molecule has 12 heteroatoms. The number of rotatable bonds is 9. The van der Waals surface area contributed by atoms with Gasteiger partial charge >= 0.3 is 0 Å². The van der Waals surface area contributed by atoms with E-state index >= 15 is 0 Å². The van der Waals surface area contributed by atoms with Crippen LogP contribution in [0, 0.1) is 13.8 Å². The molecule has 0 fully saturated rings. The number of methoxy groups -OCH3 is 1. The molecule has 38 heavy (non-hydrogen) atoms. The van der Waals surface area contributed by atoms with Gasteiger partial charge < -0.3 is 25.7 Å². The van der Waals surface area contributed by atoms with Crippen LogP contribution in [0.1, 0.15) is 44.9 Å². The smallest absolute Gasteiger partial charge is 0.260 e. The molecule has 4 rings (SSSR count). The lowest BCUT2D eigenvalue weighted by Crippen LogP contribution is -2.27. The van der Waals surface area contributed by atoms with Crippen LogP contribution in [-0.4, -0.2) is 70.9 Å². The van der Waals surface area contributed by atoms with Gasteiger partial charge in [0, 0.05) is 35.8 Å². The van der Waals surface area contributed by atoms with Crippen molar-refractivity contribution in [2.45, 2.75) is 26.8 Å². The molecule has 11 nitrogen and oxygen atoms in total. The Balaban J connectivity index is 1.63. The minimum Gasteiger partial charge on any atom is -0.496 e. The summed E-state index contributed by atoms with van der Waals surface area (Å²) in [6.45, 7) is 5.36. The number of nitrogens with two attached hydrogens (primary N) is 1. The lowest BCUT2D eigenvalue weighted by molar-refractivity contribution is -0.113. The van der Waals surface area contributed by atoms with E-state index in [9.17, 15) is 9.59 Å². The highest BCUT2D eigenvalue weighted by Gasteiger charge is 2.37. The Kier molecular flexibility index (Phi) is 7.98. The second-order valence-electron chi connectivity index (χ2n) is 9.32. The number of aromatic nitrogens is 4. The molecule has 3 aromatic heterocycles. The molecule has 0 unspecified atom stereocenters. The van der Waals surface area contributed by atoms with Crippen LogP contribution in [0.2, 0.25) is 5.15 Å². The molecule has 0 bridgehead atoms. The van der Waals surface area contributed by atoms with E-state index in [4.69, 9.17) is 22.1 Å². The van der Waals surface area contributed by atoms with Crippen LogP contribution in [0.5, 0.6) is 5.75 Å². The van der Waals surface area contributed by atoms with Crippen molar-refractivity contribution in [1.82, 2.24) is 30.2 Å². The number of halogens is 1. The fraction of sp³-hybridized carbons (Fsp3) is 0.346. The number of carbonyl (C=O) groups excluding carboxylic acids is 2. The predicted octanol–water partition coefficient (Wildman–Crippen LogP) is 2.83. The van der Waals surface area contributed by atoms with Crippen molar-refractivity contribution in [2.75, 3.05) is 44.9 Å². The SMILES string of the molecule is COc1c(C)cnc(CN2C(=O)C(=Cc3cc(C(=O)NCCCN(C)C)c[nH]3)c3c(Cl)nc(N)nc32)c1C. The molecule has 200 valence electrons. The molecule has 0 atom stereocenters. The molecular weight excluding hydrogens is 508 g/mol. The van der Waals surface area contributed by atoms with Crippen LogP contribution >= 0.6 is 11.6 Å². The summed E-state index contributed by atoms with van der Waals surface area (Å²) in [4.78, 5) is 45.7. The molecule has 1 aliphatic heterocycles. The average Bonchev–Trinajstić information content (AvgIpc) is 3.42. The zero-order chi connectivity index (χ0) is 27.6. The third kappa shape index (κ3) is 5.48. The summed E-state index contributed by atoms with van der Waals surface area (Å²) in [5.41, 5.74) is 9.89. The standard InChI is InChI=1S/C26H31ClN8O3/c1-14-11-31-19(15(2)21(14)38-5)13-35-23-20(22(27)32-26(28)33-23)18(25(35)37)10-17-9-16(12-30-17)24(36)29-7-6-8-34(3)4/h9-12,30H,6-8,13H2,1-5H3,(H,29,36)(H2,28,32,33). The number of nitrogen functional groups attached to an aromatic ring is 1. The third-order valence-electron chi connectivity index (χ3n) is 6.26. The van der Waals surface area contributed by atoms with Crippen LogP contribution in [0.15, 0.2) is 18.5 Å². The predicted molar refractivity (Wildman–Crippen MR) is 147 cm³/mol. The number of aryl methyl sites for hydroxylation is 1. The van der Waals surface area contributed by atoms with E-state index in [1.165, 1.54) is 4.90 Å². The van der Waals surface area contributed by atoms with Crippen molar-refractivity contribution in [2.24, 2.45) is 0 Å². The minimum atomic E-state index is -0.341. The Morgan fingerprint density at radius 3 is 2.79 bits per heavy atom. The van der Waals surface area contributed by atoms with Gasteiger partial charge in [-0.3, -0.25) is 19.5 Å². The van der Waals surface area contributed by atoms with E-state index in [2.05, 4.69) is 30.2 Å². The molecule has 0 radical (unpaired) electrons. The molecule has 3 aromatic rings. The lowest BCUT2D eigenvalue weighted by atomic mass is 10.1. The number of nitrogens with one attached hydrogen (secondary N) is 2. The third-order valence-corrected chi connectivity index (χ3v) is 6.53. The first-order valence-corrected chi connectivity index (χ1v) is 12.5. The first kappa shape index (κ1) is 27.1. The molecule has 0 aromatic carbocycles. The highest BCUT2D eigenvalue weighted by atomic mass is 35.5. The molecular formula is C26H31ClN8O3. The molecule has 0 aliphatic carbocycles. The Labute approximate surface area is 226 Å². The maximum absolute atomic E-state index is 13.7. The van der Waals surface area contributed by atoms with E-state index in [0.717, 1.165) is 24.1 Å². The summed E-state index contributed by atoms with van der Waals surface area (Å²) < 4.78 is 5.52. The van der Waals surface area contributed by atoms with Gasteiger partial charge in [-0.25, -0.2) is 4.98 Å². The van der Waals surface area contributed by atoms with Gasteiger partial charge in [0.15, 0.2) is 5.82 Å². The highest BCUT2D eigenvalue weighted by molar-refractivity contribution is 6.41. The second kappa shape index (κ2) is 11.2. The number of carbonyl (C=O) groups is 2. The quantitative estimate of drug-likeness (QED) is 0.214. The topological polar surface area (TPSA) is 142 Å². The second-order valence-corrected chi connectivity index (χ2v) is 9.68. The Morgan fingerprint density at radius 2 is 2.08 bits per heavy atom. The molecule has 0 saturated carbocycles. The first-order chi connectivity index (χ1) is 18.1. The zero-order valence-electron chi connectivity index (χ0n) is 22.1. The molecule has 2 amide bonds. The fourth-order valence-corrected chi connectivity index (χ4v) is 4.63. The number of amides is 2. The number of ether oxygens (including phenoxy) is 1. The molecule has 0 saturated heterocycles.